The van der Waals surface area contributed by atoms with E-state index >= 15 is 0 Å². The predicted octanol–water partition coefficient (Wildman–Crippen LogP) is -1.47. The molecule has 4 rings (SSSR count). The monoisotopic (exact) mass is 534 g/mol. The minimum atomic E-state index is -1.41. The van der Waals surface area contributed by atoms with Crippen molar-refractivity contribution in [3.8, 4) is 0 Å². The molecule has 0 bridgehead atoms. The van der Waals surface area contributed by atoms with Crippen molar-refractivity contribution in [3.63, 3.8) is 0 Å². The number of aliphatic hydroxyl groups excluding tert-OH is 3. The first-order valence-corrected chi connectivity index (χ1v) is 12.5. The minimum absolute atomic E-state index is 0.00550. The van der Waals surface area contributed by atoms with Crippen molar-refractivity contribution in [2.45, 2.75) is 75.3 Å². The fraction of sp³-hybridized carbons (Fsp3) is 0.560. The van der Waals surface area contributed by atoms with Gasteiger partial charge in [-0.2, -0.15) is 0 Å². The molecule has 0 saturated carbocycles. The van der Waals surface area contributed by atoms with E-state index in [0.29, 0.717) is 11.5 Å². The van der Waals surface area contributed by atoms with E-state index in [1.54, 1.807) is 12.1 Å². The van der Waals surface area contributed by atoms with E-state index in [1.165, 1.54) is 6.20 Å². The van der Waals surface area contributed by atoms with Crippen molar-refractivity contribution in [2.24, 2.45) is 5.73 Å². The predicted molar refractivity (Wildman–Crippen MR) is 133 cm³/mol. The van der Waals surface area contributed by atoms with Crippen LogP contribution in [0.25, 0.3) is 0 Å². The SMILES string of the molecule is CC(C)c1ccc(C(=O)NC[C@H](O[C@@H]2O[C@H](CN)[C@@H](O)[C@H]2O)[C@@H]2C[C@@H](O)[C@H](n3ccc(=O)[nH]c3=O)O2)cc1. The van der Waals surface area contributed by atoms with Gasteiger partial charge in [-0.15, -0.1) is 0 Å². The van der Waals surface area contributed by atoms with Crippen LogP contribution >= 0.6 is 0 Å². The van der Waals surface area contributed by atoms with Gasteiger partial charge in [-0.05, 0) is 23.6 Å². The largest absolute Gasteiger partial charge is 0.388 e. The molecular weight excluding hydrogens is 500 g/mol. The molecule has 0 radical (unpaired) electrons. The number of carbonyl (C=O) groups excluding carboxylic acids is 1. The average molecular weight is 535 g/mol. The van der Waals surface area contributed by atoms with Crippen molar-refractivity contribution in [3.05, 3.63) is 68.5 Å². The maximum Gasteiger partial charge on any atom is 0.330 e. The molecule has 8 atom stereocenters. The van der Waals surface area contributed by atoms with Crippen molar-refractivity contribution in [2.75, 3.05) is 13.1 Å². The number of nitrogens with one attached hydrogen (secondary N) is 2. The number of hydrogen-bond donors (Lipinski definition) is 6. The number of amides is 1. The molecule has 13 heteroatoms. The van der Waals surface area contributed by atoms with Gasteiger partial charge >= 0.3 is 5.69 Å². The molecule has 2 aromatic rings. The number of nitrogens with zero attached hydrogens (tertiary/aromatic N) is 1. The number of nitrogens with two attached hydrogens (primary N) is 1. The van der Waals surface area contributed by atoms with Crippen molar-refractivity contribution >= 4 is 5.91 Å². The number of H-pyrrole nitrogens is 1. The van der Waals surface area contributed by atoms with Crippen LogP contribution in [0.15, 0.2) is 46.1 Å². The molecule has 2 fully saturated rings. The Bertz CT molecular complexity index is 1210. The summed E-state index contributed by atoms with van der Waals surface area (Å²) in [6.45, 7) is 3.94. The Kier molecular flexibility index (Phi) is 8.78. The molecule has 3 heterocycles. The third kappa shape index (κ3) is 6.04. The Morgan fingerprint density at radius 1 is 1.16 bits per heavy atom. The molecule has 2 saturated heterocycles. The van der Waals surface area contributed by atoms with E-state index < -0.39 is 60.4 Å². The van der Waals surface area contributed by atoms with Crippen LogP contribution < -0.4 is 22.3 Å². The van der Waals surface area contributed by atoms with Crippen LogP contribution in [0.4, 0.5) is 0 Å². The lowest BCUT2D eigenvalue weighted by molar-refractivity contribution is -0.212. The second-order valence-electron chi connectivity index (χ2n) is 9.81. The summed E-state index contributed by atoms with van der Waals surface area (Å²) < 4.78 is 18.5. The molecule has 2 aliphatic heterocycles. The Balaban J connectivity index is 1.51. The molecule has 13 nitrogen and oxygen atoms in total. The maximum atomic E-state index is 12.9. The van der Waals surface area contributed by atoms with Crippen LogP contribution in [0.2, 0.25) is 0 Å². The van der Waals surface area contributed by atoms with Gasteiger partial charge in [0.05, 0.1) is 6.10 Å². The van der Waals surface area contributed by atoms with E-state index in [4.69, 9.17) is 19.9 Å². The number of aliphatic hydroxyl groups is 3. The molecule has 0 aliphatic carbocycles. The van der Waals surface area contributed by atoms with Crippen LogP contribution in [-0.4, -0.2) is 86.8 Å². The van der Waals surface area contributed by atoms with Crippen LogP contribution in [-0.2, 0) is 14.2 Å². The highest BCUT2D eigenvalue weighted by atomic mass is 16.7. The summed E-state index contributed by atoms with van der Waals surface area (Å²) in [7, 11) is 0. The third-order valence-electron chi connectivity index (χ3n) is 6.82. The van der Waals surface area contributed by atoms with Gasteiger partial charge in [-0.3, -0.25) is 19.1 Å². The number of aromatic amines is 1. The molecule has 1 aromatic carbocycles. The summed E-state index contributed by atoms with van der Waals surface area (Å²) in [4.78, 5) is 38.6. The third-order valence-corrected chi connectivity index (χ3v) is 6.82. The van der Waals surface area contributed by atoms with Crippen LogP contribution in [0.3, 0.4) is 0 Å². The number of ether oxygens (including phenoxy) is 3. The Hall–Kier alpha value is -2.91. The summed E-state index contributed by atoms with van der Waals surface area (Å²) in [6, 6.07) is 8.28. The smallest absolute Gasteiger partial charge is 0.330 e. The minimum Gasteiger partial charge on any atom is -0.388 e. The number of hydrogen-bond acceptors (Lipinski definition) is 10. The van der Waals surface area contributed by atoms with Gasteiger partial charge < -0.3 is 40.6 Å². The van der Waals surface area contributed by atoms with Gasteiger partial charge in [0.15, 0.2) is 12.5 Å². The fourth-order valence-corrected chi connectivity index (χ4v) is 4.57. The van der Waals surface area contributed by atoms with E-state index in [2.05, 4.69) is 10.3 Å². The lowest BCUT2D eigenvalue weighted by atomic mass is 10.0. The first-order valence-electron chi connectivity index (χ1n) is 12.5. The molecule has 7 N–H and O–H groups in total. The van der Waals surface area contributed by atoms with Gasteiger partial charge in [0, 0.05) is 37.3 Å². The molecule has 1 amide bonds. The average Bonchev–Trinajstić information content (AvgIpc) is 3.40. The second kappa shape index (κ2) is 11.9. The van der Waals surface area contributed by atoms with Crippen molar-refractivity contribution in [1.29, 1.82) is 0 Å². The Labute approximate surface area is 218 Å². The summed E-state index contributed by atoms with van der Waals surface area (Å²) in [5, 5.41) is 34.0. The summed E-state index contributed by atoms with van der Waals surface area (Å²) in [5.41, 5.74) is 5.74. The van der Waals surface area contributed by atoms with Crippen molar-refractivity contribution < 1.29 is 34.3 Å². The zero-order valence-electron chi connectivity index (χ0n) is 21.1. The van der Waals surface area contributed by atoms with Crippen LogP contribution in [0.1, 0.15) is 48.3 Å². The number of benzene rings is 1. The van der Waals surface area contributed by atoms with Crippen molar-refractivity contribution in [1.82, 2.24) is 14.9 Å². The maximum absolute atomic E-state index is 12.9. The van der Waals surface area contributed by atoms with E-state index in [-0.39, 0.29) is 25.4 Å². The number of rotatable bonds is 9. The highest BCUT2D eigenvalue weighted by Gasteiger charge is 2.47. The van der Waals surface area contributed by atoms with E-state index in [1.807, 2.05) is 26.0 Å². The highest BCUT2D eigenvalue weighted by Crippen LogP contribution is 2.32. The first-order chi connectivity index (χ1) is 18.1. The standard InChI is InChI=1S/C25H34N4O9/c1-12(2)13-3-5-14(6-4-13)22(34)27-11-18(38-24-21(33)20(32)17(10-26)37-24)16-9-15(30)23(36-16)29-8-7-19(31)28-25(29)35/h3-8,12,15-18,20-21,23-24,30,32-33H,9-11,26H2,1-2H3,(H,27,34)(H,28,31,35)/t15-,16+,17-,18+,20-,21-,23-,24+/m1/s1. The summed E-state index contributed by atoms with van der Waals surface area (Å²) in [5.74, 6) is -0.0714. The van der Waals surface area contributed by atoms with Gasteiger partial charge in [-0.25, -0.2) is 4.79 Å². The topological polar surface area (TPSA) is 198 Å². The zero-order valence-corrected chi connectivity index (χ0v) is 21.1. The number of carbonyl (C=O) groups is 1. The molecule has 0 unspecified atom stereocenters. The molecular formula is C25H34N4O9. The van der Waals surface area contributed by atoms with Gasteiger partial charge in [0.1, 0.15) is 30.5 Å². The summed E-state index contributed by atoms with van der Waals surface area (Å²) >= 11 is 0. The fourth-order valence-electron chi connectivity index (χ4n) is 4.57. The lowest BCUT2D eigenvalue weighted by Crippen LogP contribution is -2.45. The summed E-state index contributed by atoms with van der Waals surface area (Å²) in [6.07, 6.45) is -7.70. The first kappa shape index (κ1) is 28.1. The quantitative estimate of drug-likeness (QED) is 0.221. The zero-order chi connectivity index (χ0) is 27.6. The molecule has 2 aliphatic rings. The van der Waals surface area contributed by atoms with E-state index in [9.17, 15) is 29.7 Å². The Morgan fingerprint density at radius 2 is 1.87 bits per heavy atom. The van der Waals surface area contributed by atoms with Gasteiger partial charge in [0.25, 0.3) is 11.5 Å². The molecule has 38 heavy (non-hydrogen) atoms. The molecule has 208 valence electrons. The number of aromatic nitrogens is 2. The van der Waals surface area contributed by atoms with Gasteiger partial charge in [-0.1, -0.05) is 26.0 Å². The molecule has 1 aromatic heterocycles. The highest BCUT2D eigenvalue weighted by molar-refractivity contribution is 5.94. The molecule has 0 spiro atoms. The normalized spacial score (nSPS) is 30.0. The Morgan fingerprint density at radius 3 is 2.47 bits per heavy atom. The van der Waals surface area contributed by atoms with Crippen LogP contribution in [0.5, 0.6) is 0 Å². The van der Waals surface area contributed by atoms with Crippen LogP contribution in [0, 0.1) is 0 Å². The second-order valence-corrected chi connectivity index (χ2v) is 9.81. The van der Waals surface area contributed by atoms with E-state index in [0.717, 1.165) is 16.2 Å². The van der Waals surface area contributed by atoms with Gasteiger partial charge in [0.2, 0.25) is 0 Å². The lowest BCUT2D eigenvalue weighted by Gasteiger charge is -2.28.